The van der Waals surface area contributed by atoms with Crippen molar-refractivity contribution in [1.29, 1.82) is 0 Å². The number of hydrogen-bond donors (Lipinski definition) is 0. The van der Waals surface area contributed by atoms with E-state index < -0.39 is 8.07 Å². The van der Waals surface area contributed by atoms with Crippen molar-refractivity contribution in [3.8, 4) is 11.1 Å². The van der Waals surface area contributed by atoms with Crippen LogP contribution in [0.15, 0.2) is 133 Å². The maximum Gasteiger partial charge on any atom is 0.183 e. The monoisotopic (exact) mass is 487 g/mol. The molecule has 1 nitrogen and oxygen atoms in total. The number of benzene rings is 6. The summed E-state index contributed by atoms with van der Waals surface area (Å²) in [5.41, 5.74) is 5.44. The summed E-state index contributed by atoms with van der Waals surface area (Å²) in [4.78, 5) is 0. The summed E-state index contributed by atoms with van der Waals surface area (Å²) in [6.07, 6.45) is 0. The minimum Gasteiger partial charge on any atom is -0.344 e. The predicted octanol–water partition coefficient (Wildman–Crippen LogP) is 5.84. The Balaban J connectivity index is 1.65. The highest BCUT2D eigenvalue weighted by Gasteiger charge is 2.50. The van der Waals surface area contributed by atoms with E-state index in [9.17, 15) is 0 Å². The summed E-state index contributed by atoms with van der Waals surface area (Å²) in [5, 5.41) is 11.2. The van der Waals surface area contributed by atoms with Gasteiger partial charge in [-0.3, -0.25) is 0 Å². The van der Waals surface area contributed by atoms with Crippen LogP contribution < -0.4 is 20.7 Å². The van der Waals surface area contributed by atoms with E-state index in [1.807, 2.05) is 0 Å². The summed E-state index contributed by atoms with van der Waals surface area (Å²) >= 11 is 0. The molecule has 1 aromatic heterocycles. The zero-order chi connectivity index (χ0) is 24.6. The molecule has 0 bridgehead atoms. The molecule has 6 aromatic carbocycles. The molecule has 0 amide bonds. The van der Waals surface area contributed by atoms with Crippen LogP contribution in [0.3, 0.4) is 0 Å². The van der Waals surface area contributed by atoms with Gasteiger partial charge in [0.15, 0.2) is 8.07 Å². The molecule has 2 heteroatoms. The number of hydrogen-bond acceptors (Lipinski definition) is 0. The van der Waals surface area contributed by atoms with Crippen LogP contribution in [0, 0.1) is 0 Å². The normalized spacial score (nSPS) is 13.8. The van der Waals surface area contributed by atoms with Crippen molar-refractivity contribution in [2.45, 2.75) is 0 Å². The smallest absolute Gasteiger partial charge is 0.183 e. The highest BCUT2D eigenvalue weighted by molar-refractivity contribution is 7.23. The first-order chi connectivity index (χ1) is 18.3. The molecule has 1 aliphatic rings. The molecule has 174 valence electrons. The Kier molecular flexibility index (Phi) is 4.23. The van der Waals surface area contributed by atoms with Gasteiger partial charge < -0.3 is 4.57 Å². The van der Waals surface area contributed by atoms with Crippen LogP contribution in [0.5, 0.6) is 0 Å². The minimum absolute atomic E-state index is 1.29. The zero-order valence-corrected chi connectivity index (χ0v) is 21.6. The maximum absolute atomic E-state index is 2.57. The van der Waals surface area contributed by atoms with Crippen molar-refractivity contribution in [3.63, 3.8) is 0 Å². The Morgan fingerprint density at radius 2 is 1.16 bits per heavy atom. The first-order valence-electron chi connectivity index (χ1n) is 12.9. The van der Waals surface area contributed by atoms with Crippen LogP contribution in [0.1, 0.15) is 0 Å². The molecule has 2 heterocycles. The van der Waals surface area contributed by atoms with Gasteiger partial charge in [-0.2, -0.15) is 0 Å². The number of rotatable bonds is 2. The van der Waals surface area contributed by atoms with Crippen molar-refractivity contribution in [2.75, 3.05) is 0 Å². The van der Waals surface area contributed by atoms with Crippen LogP contribution in [-0.2, 0) is 7.05 Å². The van der Waals surface area contributed by atoms with Gasteiger partial charge >= 0.3 is 0 Å². The van der Waals surface area contributed by atoms with E-state index in [2.05, 4.69) is 145 Å². The maximum atomic E-state index is 2.47. The highest BCUT2D eigenvalue weighted by Crippen LogP contribution is 2.38. The molecule has 37 heavy (non-hydrogen) atoms. The lowest BCUT2D eigenvalue weighted by molar-refractivity contribution is 1.02. The van der Waals surface area contributed by atoms with Crippen molar-refractivity contribution < 1.29 is 0 Å². The fraction of sp³-hybridized carbons (Fsp3) is 0.0286. The Morgan fingerprint density at radius 1 is 0.514 bits per heavy atom. The molecule has 0 unspecified atom stereocenters. The molecule has 0 radical (unpaired) electrons. The van der Waals surface area contributed by atoms with Gasteiger partial charge in [0, 0.05) is 28.9 Å². The predicted molar refractivity (Wildman–Crippen MR) is 161 cm³/mol. The van der Waals surface area contributed by atoms with E-state index in [0.29, 0.717) is 0 Å². The molecular formula is C35H25NSi. The average molecular weight is 488 g/mol. The van der Waals surface area contributed by atoms with Crippen LogP contribution in [-0.4, -0.2) is 12.6 Å². The molecule has 0 saturated heterocycles. The lowest BCUT2D eigenvalue weighted by atomic mass is 10.0. The average Bonchev–Trinajstić information content (AvgIpc) is 3.44. The summed E-state index contributed by atoms with van der Waals surface area (Å²) in [5.74, 6) is 0. The molecule has 0 aliphatic carbocycles. The minimum atomic E-state index is -2.57. The van der Waals surface area contributed by atoms with Crippen molar-refractivity contribution in [1.82, 2.24) is 4.57 Å². The molecule has 0 atom stereocenters. The van der Waals surface area contributed by atoms with Gasteiger partial charge in [0.05, 0.1) is 0 Å². The van der Waals surface area contributed by atoms with E-state index >= 15 is 0 Å². The summed E-state index contributed by atoms with van der Waals surface area (Å²) in [6.45, 7) is 0. The molecule has 0 spiro atoms. The quantitative estimate of drug-likeness (QED) is 0.270. The van der Waals surface area contributed by atoms with Gasteiger partial charge in [-0.05, 0) is 48.7 Å². The summed E-state index contributed by atoms with van der Waals surface area (Å²) in [6, 6.07) is 49.9. The molecular weight excluding hydrogens is 462 g/mol. The Morgan fingerprint density at radius 3 is 1.92 bits per heavy atom. The summed E-state index contributed by atoms with van der Waals surface area (Å²) in [7, 11) is -0.311. The Hall–Kier alpha value is -4.40. The second kappa shape index (κ2) is 7.55. The molecule has 1 aliphatic heterocycles. The fourth-order valence-corrected chi connectivity index (χ4v) is 12.4. The van der Waals surface area contributed by atoms with Crippen LogP contribution in [0.4, 0.5) is 0 Å². The fourth-order valence-electron chi connectivity index (χ4n) is 7.01. The van der Waals surface area contributed by atoms with E-state index in [4.69, 9.17) is 0 Å². The van der Waals surface area contributed by atoms with Gasteiger partial charge in [0.2, 0.25) is 0 Å². The van der Waals surface area contributed by atoms with E-state index in [0.717, 1.165) is 0 Å². The van der Waals surface area contributed by atoms with Gasteiger partial charge in [0.1, 0.15) is 0 Å². The van der Waals surface area contributed by atoms with E-state index in [1.165, 1.54) is 64.5 Å². The van der Waals surface area contributed by atoms with Crippen LogP contribution in [0.25, 0.3) is 43.7 Å². The van der Waals surface area contributed by atoms with Gasteiger partial charge in [-0.25, -0.2) is 0 Å². The summed E-state index contributed by atoms with van der Waals surface area (Å²) < 4.78 is 2.47. The third kappa shape index (κ3) is 2.58. The second-order valence-electron chi connectivity index (χ2n) is 10.2. The first kappa shape index (κ1) is 20.8. The topological polar surface area (TPSA) is 4.93 Å². The van der Waals surface area contributed by atoms with Crippen molar-refractivity contribution in [3.05, 3.63) is 133 Å². The Labute approximate surface area is 217 Å². The third-order valence-electron chi connectivity index (χ3n) is 8.46. The Bertz CT molecular complexity index is 1940. The number of aryl methyl sites for hydroxylation is 1. The lowest BCUT2D eigenvalue weighted by Gasteiger charge is -2.32. The molecule has 8 rings (SSSR count). The highest BCUT2D eigenvalue weighted by atomic mass is 28.3. The van der Waals surface area contributed by atoms with E-state index in [1.54, 1.807) is 0 Å². The second-order valence-corrected chi connectivity index (χ2v) is 13.8. The van der Waals surface area contributed by atoms with Crippen LogP contribution >= 0.6 is 0 Å². The lowest BCUT2D eigenvalue weighted by Crippen LogP contribution is -2.73. The molecule has 7 aromatic rings. The van der Waals surface area contributed by atoms with Crippen molar-refractivity contribution >= 4 is 61.4 Å². The number of fused-ring (bicyclic) bond motifs is 9. The van der Waals surface area contributed by atoms with Crippen molar-refractivity contribution in [2.24, 2.45) is 7.05 Å². The van der Waals surface area contributed by atoms with Gasteiger partial charge in [0.25, 0.3) is 0 Å². The molecule has 0 fully saturated rings. The van der Waals surface area contributed by atoms with Gasteiger partial charge in [-0.1, -0.05) is 127 Å². The SMILES string of the molecule is Cn1c2ccc3ccccc3c2c2ccc3c(c21)[Si](c1ccccc1)(c1ccccc1)c1ccccc1-3. The molecule has 0 N–H and O–H groups in total. The van der Waals surface area contributed by atoms with E-state index in [-0.39, 0.29) is 0 Å². The third-order valence-corrected chi connectivity index (χ3v) is 13.4. The molecule has 0 saturated carbocycles. The first-order valence-corrected chi connectivity index (χ1v) is 14.9. The zero-order valence-electron chi connectivity index (χ0n) is 20.6. The number of aromatic nitrogens is 1. The standard InChI is InChI=1S/C35H25NSi/c1-36-31-23-20-24-12-8-9-17-27(24)33(31)30-22-21-29-28-18-10-11-19-32(28)37(35(29)34(30)36,25-13-4-2-5-14-25)26-15-6-3-7-16-26/h2-23H,1H3. The van der Waals surface area contributed by atoms with Crippen LogP contribution in [0.2, 0.25) is 0 Å². The number of nitrogens with zero attached hydrogens (tertiary/aromatic N) is 1. The largest absolute Gasteiger partial charge is 0.344 e. The van der Waals surface area contributed by atoms with Gasteiger partial charge in [-0.15, -0.1) is 0 Å².